The molecule has 0 aliphatic carbocycles. The van der Waals surface area contributed by atoms with Crippen LogP contribution in [0.2, 0.25) is 0 Å². The highest BCUT2D eigenvalue weighted by Crippen LogP contribution is 2.18. The van der Waals surface area contributed by atoms with Gasteiger partial charge in [0.05, 0.1) is 12.0 Å². The van der Waals surface area contributed by atoms with Crippen LogP contribution in [-0.4, -0.2) is 57.6 Å². The van der Waals surface area contributed by atoms with Gasteiger partial charge in [-0.1, -0.05) is 6.07 Å². The Morgan fingerprint density at radius 3 is 2.03 bits per heavy atom. The second-order valence-electron chi connectivity index (χ2n) is 7.37. The smallest absolute Gasteiger partial charge is 0.475 e. The van der Waals surface area contributed by atoms with Crippen molar-refractivity contribution in [1.29, 1.82) is 0 Å². The Hall–Kier alpha value is -4.15. The first-order valence-corrected chi connectivity index (χ1v) is 9.85. The number of nitrogens with one attached hydrogen (secondary N) is 1. The Morgan fingerprint density at radius 2 is 1.56 bits per heavy atom. The molecule has 1 heterocycles. The SMILES string of the molecule is Cc1ncn(-c2ccc(NC(=O)c3cccc(C(=O)N(C)C)c3)cc2)c1C.O=C(O)C(F)(F)F. The van der Waals surface area contributed by atoms with Gasteiger partial charge in [0.1, 0.15) is 0 Å². The molecule has 0 atom stereocenters. The van der Waals surface area contributed by atoms with Crippen molar-refractivity contribution in [1.82, 2.24) is 14.5 Å². The van der Waals surface area contributed by atoms with E-state index in [2.05, 4.69) is 10.3 Å². The van der Waals surface area contributed by atoms with Gasteiger partial charge in [-0.3, -0.25) is 9.59 Å². The highest BCUT2D eigenvalue weighted by Gasteiger charge is 2.38. The predicted octanol–water partition coefficient (Wildman–Crippen LogP) is 4.08. The van der Waals surface area contributed by atoms with Crippen LogP contribution in [0.15, 0.2) is 54.9 Å². The first-order chi connectivity index (χ1) is 15.8. The van der Waals surface area contributed by atoms with E-state index in [4.69, 9.17) is 9.90 Å². The Labute approximate surface area is 193 Å². The highest BCUT2D eigenvalue weighted by atomic mass is 19.4. The summed E-state index contributed by atoms with van der Waals surface area (Å²) in [4.78, 5) is 39.3. The highest BCUT2D eigenvalue weighted by molar-refractivity contribution is 6.06. The largest absolute Gasteiger partial charge is 0.490 e. The molecule has 0 bridgehead atoms. The van der Waals surface area contributed by atoms with E-state index in [1.165, 1.54) is 4.90 Å². The molecule has 34 heavy (non-hydrogen) atoms. The predicted molar refractivity (Wildman–Crippen MR) is 119 cm³/mol. The van der Waals surface area contributed by atoms with Crippen molar-refractivity contribution in [2.75, 3.05) is 19.4 Å². The van der Waals surface area contributed by atoms with Crippen LogP contribution in [0.4, 0.5) is 18.9 Å². The number of amides is 2. The van der Waals surface area contributed by atoms with Gasteiger partial charge >= 0.3 is 12.1 Å². The van der Waals surface area contributed by atoms with Gasteiger partial charge in [0, 0.05) is 42.3 Å². The number of nitrogens with zero attached hydrogens (tertiary/aromatic N) is 3. The summed E-state index contributed by atoms with van der Waals surface area (Å²) >= 11 is 0. The van der Waals surface area contributed by atoms with Gasteiger partial charge in [0.25, 0.3) is 11.8 Å². The van der Waals surface area contributed by atoms with E-state index >= 15 is 0 Å². The number of anilines is 1. The number of carboxylic acid groups (broad SMARTS) is 1. The Kier molecular flexibility index (Phi) is 8.17. The molecule has 2 amide bonds. The third kappa shape index (κ3) is 6.67. The van der Waals surface area contributed by atoms with Crippen molar-refractivity contribution in [3.8, 4) is 5.69 Å². The van der Waals surface area contributed by atoms with Crippen LogP contribution in [0.5, 0.6) is 0 Å². The third-order valence-corrected chi connectivity index (χ3v) is 4.68. The van der Waals surface area contributed by atoms with Crippen LogP contribution >= 0.6 is 0 Å². The van der Waals surface area contributed by atoms with E-state index in [1.54, 1.807) is 44.7 Å². The summed E-state index contributed by atoms with van der Waals surface area (Å²) < 4.78 is 33.7. The number of hydrogen-bond donors (Lipinski definition) is 2. The number of alkyl halides is 3. The molecule has 1 aromatic heterocycles. The van der Waals surface area contributed by atoms with Gasteiger partial charge < -0.3 is 19.9 Å². The molecule has 3 aromatic rings. The molecule has 0 saturated carbocycles. The molecule has 0 fully saturated rings. The number of aliphatic carboxylic acids is 1. The lowest BCUT2D eigenvalue weighted by atomic mass is 10.1. The molecule has 180 valence electrons. The number of carbonyl (C=O) groups excluding carboxylic acids is 2. The maximum absolute atomic E-state index is 12.5. The Balaban J connectivity index is 0.000000509. The fraction of sp³-hybridized carbons (Fsp3) is 0.217. The second kappa shape index (κ2) is 10.6. The fourth-order valence-electron chi connectivity index (χ4n) is 2.72. The average Bonchev–Trinajstić information content (AvgIpc) is 3.12. The van der Waals surface area contributed by atoms with Crippen molar-refractivity contribution in [3.63, 3.8) is 0 Å². The molecular weight excluding hydrogens is 453 g/mol. The van der Waals surface area contributed by atoms with Crippen LogP contribution in [0.3, 0.4) is 0 Å². The minimum absolute atomic E-state index is 0.139. The van der Waals surface area contributed by atoms with Crippen LogP contribution in [0.1, 0.15) is 32.1 Å². The van der Waals surface area contributed by atoms with E-state index in [9.17, 15) is 22.8 Å². The zero-order valence-corrected chi connectivity index (χ0v) is 18.8. The minimum Gasteiger partial charge on any atom is -0.475 e. The van der Waals surface area contributed by atoms with E-state index in [-0.39, 0.29) is 11.8 Å². The van der Waals surface area contributed by atoms with Crippen molar-refractivity contribution in [2.45, 2.75) is 20.0 Å². The topological polar surface area (TPSA) is 105 Å². The standard InChI is InChI=1S/C21H22N4O2.C2HF3O2/c1-14-15(2)25(13-22-14)19-10-8-18(9-11-19)23-20(26)16-6-5-7-17(12-16)21(27)24(3)4;3-2(4,5)1(6)7/h5-13H,1-4H3,(H,23,26);(H,6,7). The van der Waals surface area contributed by atoms with E-state index < -0.39 is 12.1 Å². The lowest BCUT2D eigenvalue weighted by Crippen LogP contribution is -2.22. The molecule has 0 saturated heterocycles. The van der Waals surface area contributed by atoms with E-state index in [0.29, 0.717) is 16.8 Å². The summed E-state index contributed by atoms with van der Waals surface area (Å²) in [7, 11) is 3.36. The van der Waals surface area contributed by atoms with Gasteiger partial charge in [-0.25, -0.2) is 9.78 Å². The number of carboxylic acids is 1. The summed E-state index contributed by atoms with van der Waals surface area (Å²) in [5.74, 6) is -3.15. The molecule has 0 aliphatic heterocycles. The number of rotatable bonds is 4. The molecule has 3 rings (SSSR count). The lowest BCUT2D eigenvalue weighted by molar-refractivity contribution is -0.192. The molecule has 0 spiro atoms. The van der Waals surface area contributed by atoms with Gasteiger partial charge in [0.15, 0.2) is 0 Å². The summed E-state index contributed by atoms with van der Waals surface area (Å²) in [5, 5.41) is 9.99. The zero-order valence-electron chi connectivity index (χ0n) is 18.8. The summed E-state index contributed by atoms with van der Waals surface area (Å²) in [6.45, 7) is 3.98. The molecule has 0 aliphatic rings. The van der Waals surface area contributed by atoms with Gasteiger partial charge in [0.2, 0.25) is 0 Å². The first kappa shape index (κ1) is 26.1. The quantitative estimate of drug-likeness (QED) is 0.591. The minimum atomic E-state index is -5.08. The molecule has 0 unspecified atom stereocenters. The number of hydrogen-bond acceptors (Lipinski definition) is 4. The van der Waals surface area contributed by atoms with Crippen molar-refractivity contribution < 1.29 is 32.7 Å². The van der Waals surface area contributed by atoms with Crippen molar-refractivity contribution in [2.24, 2.45) is 0 Å². The van der Waals surface area contributed by atoms with Gasteiger partial charge in [-0.15, -0.1) is 0 Å². The molecule has 2 aromatic carbocycles. The van der Waals surface area contributed by atoms with Gasteiger partial charge in [-0.05, 0) is 56.3 Å². The van der Waals surface area contributed by atoms with E-state index in [1.807, 2.05) is 42.7 Å². The van der Waals surface area contributed by atoms with Crippen LogP contribution < -0.4 is 5.32 Å². The van der Waals surface area contributed by atoms with Crippen LogP contribution in [0.25, 0.3) is 5.69 Å². The Morgan fingerprint density at radius 1 is 1.00 bits per heavy atom. The molecule has 8 nitrogen and oxygen atoms in total. The summed E-state index contributed by atoms with van der Waals surface area (Å²) in [6, 6.07) is 14.2. The maximum atomic E-state index is 12.5. The lowest BCUT2D eigenvalue weighted by Gasteiger charge is -2.12. The normalized spacial score (nSPS) is 10.7. The second-order valence-corrected chi connectivity index (χ2v) is 7.37. The zero-order chi connectivity index (χ0) is 25.6. The summed E-state index contributed by atoms with van der Waals surface area (Å²) in [6.07, 6.45) is -3.30. The number of benzene rings is 2. The van der Waals surface area contributed by atoms with Crippen molar-refractivity contribution in [3.05, 3.63) is 77.4 Å². The maximum Gasteiger partial charge on any atom is 0.490 e. The van der Waals surface area contributed by atoms with Crippen molar-refractivity contribution >= 4 is 23.5 Å². The monoisotopic (exact) mass is 476 g/mol. The Bertz CT molecular complexity index is 1190. The van der Waals surface area contributed by atoms with Crippen LogP contribution in [0, 0.1) is 13.8 Å². The molecular formula is C23H23F3N4O4. The fourth-order valence-corrected chi connectivity index (χ4v) is 2.72. The molecule has 2 N–H and O–H groups in total. The van der Waals surface area contributed by atoms with Gasteiger partial charge in [-0.2, -0.15) is 13.2 Å². The number of imidazole rings is 1. The number of aromatic nitrogens is 2. The van der Waals surface area contributed by atoms with E-state index in [0.717, 1.165) is 17.1 Å². The third-order valence-electron chi connectivity index (χ3n) is 4.68. The molecule has 0 radical (unpaired) electrons. The first-order valence-electron chi connectivity index (χ1n) is 9.85. The van der Waals surface area contributed by atoms with Crippen LogP contribution in [-0.2, 0) is 4.79 Å². The number of aryl methyl sites for hydroxylation is 1. The number of carbonyl (C=O) groups is 3. The number of halogens is 3. The average molecular weight is 476 g/mol. The molecule has 11 heteroatoms. The summed E-state index contributed by atoms with van der Waals surface area (Å²) in [5.41, 5.74) is 4.64.